The van der Waals surface area contributed by atoms with Crippen molar-refractivity contribution >= 4 is 17.3 Å². The smallest absolute Gasteiger partial charge is 0.136 e. The van der Waals surface area contributed by atoms with E-state index in [9.17, 15) is 0 Å². The van der Waals surface area contributed by atoms with Crippen LogP contribution in [0.15, 0.2) is 30.3 Å². The first-order valence-corrected chi connectivity index (χ1v) is 9.18. The van der Waals surface area contributed by atoms with E-state index in [1.807, 2.05) is 6.92 Å². The Morgan fingerprint density at radius 2 is 2.00 bits per heavy atom. The van der Waals surface area contributed by atoms with E-state index in [1.54, 1.807) is 0 Å². The molecule has 4 nitrogen and oxygen atoms in total. The summed E-state index contributed by atoms with van der Waals surface area (Å²) in [6.07, 6.45) is 6.02. The lowest BCUT2D eigenvalue weighted by molar-refractivity contribution is 0.446. The van der Waals surface area contributed by atoms with Gasteiger partial charge in [-0.05, 0) is 50.7 Å². The summed E-state index contributed by atoms with van der Waals surface area (Å²) < 4.78 is 0. The fourth-order valence-corrected chi connectivity index (χ4v) is 3.58. The van der Waals surface area contributed by atoms with Gasteiger partial charge in [-0.2, -0.15) is 0 Å². The monoisotopic (exact) mass is 324 g/mol. The van der Waals surface area contributed by atoms with Crippen molar-refractivity contribution in [1.82, 2.24) is 9.97 Å². The van der Waals surface area contributed by atoms with Gasteiger partial charge >= 0.3 is 0 Å². The topological polar surface area (TPSA) is 41.0 Å². The molecule has 4 heteroatoms. The van der Waals surface area contributed by atoms with E-state index in [0.29, 0.717) is 6.04 Å². The Kier molecular flexibility index (Phi) is 5.34. The van der Waals surface area contributed by atoms with Gasteiger partial charge in [-0.3, -0.25) is 0 Å². The van der Waals surface area contributed by atoms with Crippen molar-refractivity contribution in [3.8, 4) is 0 Å². The number of aromatic nitrogens is 2. The maximum atomic E-state index is 4.71. The molecule has 0 aliphatic carbocycles. The molecule has 1 aromatic carbocycles. The van der Waals surface area contributed by atoms with Crippen molar-refractivity contribution in [1.29, 1.82) is 0 Å². The molecule has 1 aliphatic heterocycles. The number of nitrogens with zero attached hydrogens (tertiary/aromatic N) is 3. The molecule has 2 aromatic rings. The van der Waals surface area contributed by atoms with Crippen LogP contribution in [0.4, 0.5) is 17.3 Å². The molecule has 1 atom stereocenters. The highest BCUT2D eigenvalue weighted by Crippen LogP contribution is 2.28. The number of nitrogens with one attached hydrogen (secondary N) is 1. The molecule has 1 N–H and O–H groups in total. The lowest BCUT2D eigenvalue weighted by Gasteiger charge is -2.36. The molecule has 1 aliphatic rings. The molecule has 3 rings (SSSR count). The van der Waals surface area contributed by atoms with E-state index in [4.69, 9.17) is 4.98 Å². The second kappa shape index (κ2) is 7.65. The minimum atomic E-state index is 0.601. The van der Waals surface area contributed by atoms with E-state index < -0.39 is 0 Å². The summed E-state index contributed by atoms with van der Waals surface area (Å²) in [5.41, 5.74) is 2.44. The standard InChI is InChI=1S/C20H28N4/c1-4-16-10-6-7-12-18(16)23-19-14-20(22-15(3)21-19)24-13-9-8-11-17(24)5-2/h6-7,10,12,14,17H,4-5,8-9,11,13H2,1-3H3,(H,21,22,23). The number of hydrogen-bond donors (Lipinski definition) is 1. The van der Waals surface area contributed by atoms with E-state index in [1.165, 1.54) is 31.2 Å². The summed E-state index contributed by atoms with van der Waals surface area (Å²) in [5.74, 6) is 2.77. The van der Waals surface area contributed by atoms with Gasteiger partial charge in [0, 0.05) is 24.3 Å². The zero-order valence-corrected chi connectivity index (χ0v) is 15.0. The van der Waals surface area contributed by atoms with Crippen LogP contribution in [0.3, 0.4) is 0 Å². The third-order valence-electron chi connectivity index (χ3n) is 4.88. The average molecular weight is 324 g/mol. The van der Waals surface area contributed by atoms with Crippen LogP contribution in [-0.4, -0.2) is 22.6 Å². The summed E-state index contributed by atoms with van der Waals surface area (Å²) in [6, 6.07) is 11.1. The van der Waals surface area contributed by atoms with Crippen molar-refractivity contribution in [2.75, 3.05) is 16.8 Å². The molecule has 1 saturated heterocycles. The SMILES string of the molecule is CCc1ccccc1Nc1cc(N2CCCCC2CC)nc(C)n1. The molecule has 0 saturated carbocycles. The fraction of sp³-hybridized carbons (Fsp3) is 0.500. The summed E-state index contributed by atoms with van der Waals surface area (Å²) in [7, 11) is 0. The molecule has 0 radical (unpaired) electrons. The molecule has 0 bridgehead atoms. The quantitative estimate of drug-likeness (QED) is 0.852. The van der Waals surface area contributed by atoms with E-state index in [-0.39, 0.29) is 0 Å². The first-order valence-electron chi connectivity index (χ1n) is 9.18. The second-order valence-corrected chi connectivity index (χ2v) is 6.55. The van der Waals surface area contributed by atoms with Gasteiger partial charge in [0.2, 0.25) is 0 Å². The van der Waals surface area contributed by atoms with Crippen molar-refractivity contribution in [2.45, 2.75) is 58.9 Å². The molecule has 128 valence electrons. The number of piperidine rings is 1. The fourth-order valence-electron chi connectivity index (χ4n) is 3.58. The molecule has 0 spiro atoms. The van der Waals surface area contributed by atoms with Crippen LogP contribution < -0.4 is 10.2 Å². The molecule has 0 amide bonds. The number of rotatable bonds is 5. The molecule has 1 unspecified atom stereocenters. The van der Waals surface area contributed by atoms with E-state index >= 15 is 0 Å². The third-order valence-corrected chi connectivity index (χ3v) is 4.88. The minimum Gasteiger partial charge on any atom is -0.353 e. The van der Waals surface area contributed by atoms with Gasteiger partial charge in [-0.25, -0.2) is 9.97 Å². The van der Waals surface area contributed by atoms with Gasteiger partial charge in [0.1, 0.15) is 17.5 Å². The first-order chi connectivity index (χ1) is 11.7. The van der Waals surface area contributed by atoms with Crippen molar-refractivity contribution in [3.05, 3.63) is 41.7 Å². The number of anilines is 3. The Morgan fingerprint density at radius 3 is 2.79 bits per heavy atom. The van der Waals surface area contributed by atoms with Crippen molar-refractivity contribution < 1.29 is 0 Å². The number of aryl methyl sites for hydroxylation is 2. The summed E-state index contributed by atoms with van der Waals surface area (Å²) in [5, 5.41) is 3.50. The van der Waals surface area contributed by atoms with Crippen LogP contribution in [-0.2, 0) is 6.42 Å². The minimum absolute atomic E-state index is 0.601. The normalized spacial score (nSPS) is 17.8. The molecule has 24 heavy (non-hydrogen) atoms. The summed E-state index contributed by atoms with van der Waals surface area (Å²) >= 11 is 0. The average Bonchev–Trinajstić information content (AvgIpc) is 2.61. The van der Waals surface area contributed by atoms with Crippen LogP contribution in [0.25, 0.3) is 0 Å². The summed E-state index contributed by atoms with van der Waals surface area (Å²) in [4.78, 5) is 11.8. The lowest BCUT2D eigenvalue weighted by Crippen LogP contribution is -2.39. The van der Waals surface area contributed by atoms with Gasteiger partial charge < -0.3 is 10.2 Å². The maximum absolute atomic E-state index is 4.71. The van der Waals surface area contributed by atoms with Gasteiger partial charge in [0.05, 0.1) is 0 Å². The number of para-hydroxylation sites is 1. The van der Waals surface area contributed by atoms with Crippen LogP contribution in [0, 0.1) is 6.92 Å². The Labute approximate surface area is 145 Å². The second-order valence-electron chi connectivity index (χ2n) is 6.55. The predicted octanol–water partition coefficient (Wildman–Crippen LogP) is 4.86. The Bertz CT molecular complexity index is 683. The van der Waals surface area contributed by atoms with Gasteiger partial charge in [-0.1, -0.05) is 32.0 Å². The van der Waals surface area contributed by atoms with Gasteiger partial charge in [0.25, 0.3) is 0 Å². The van der Waals surface area contributed by atoms with E-state index in [2.05, 4.69) is 59.4 Å². The van der Waals surface area contributed by atoms with Gasteiger partial charge in [0.15, 0.2) is 0 Å². The number of benzene rings is 1. The first kappa shape index (κ1) is 16.7. The molecule has 1 aromatic heterocycles. The number of hydrogen-bond acceptors (Lipinski definition) is 4. The van der Waals surface area contributed by atoms with Gasteiger partial charge in [-0.15, -0.1) is 0 Å². The molecular weight excluding hydrogens is 296 g/mol. The Morgan fingerprint density at radius 1 is 1.17 bits per heavy atom. The maximum Gasteiger partial charge on any atom is 0.136 e. The zero-order chi connectivity index (χ0) is 16.9. The van der Waals surface area contributed by atoms with Crippen molar-refractivity contribution in [3.63, 3.8) is 0 Å². The lowest BCUT2D eigenvalue weighted by atomic mass is 10.00. The van der Waals surface area contributed by atoms with Crippen LogP contribution in [0.1, 0.15) is 50.9 Å². The van der Waals surface area contributed by atoms with Crippen LogP contribution in [0.5, 0.6) is 0 Å². The zero-order valence-electron chi connectivity index (χ0n) is 15.0. The largest absolute Gasteiger partial charge is 0.353 e. The summed E-state index contributed by atoms with van der Waals surface area (Å²) in [6.45, 7) is 7.52. The Hall–Kier alpha value is -2.10. The highest BCUT2D eigenvalue weighted by atomic mass is 15.2. The van der Waals surface area contributed by atoms with E-state index in [0.717, 1.165) is 36.1 Å². The highest BCUT2D eigenvalue weighted by Gasteiger charge is 2.22. The highest BCUT2D eigenvalue weighted by molar-refractivity contribution is 5.63. The van der Waals surface area contributed by atoms with Crippen LogP contribution in [0.2, 0.25) is 0 Å². The van der Waals surface area contributed by atoms with Crippen molar-refractivity contribution in [2.24, 2.45) is 0 Å². The Balaban J connectivity index is 1.88. The molecule has 2 heterocycles. The molecular formula is C20H28N4. The van der Waals surface area contributed by atoms with Crippen LogP contribution >= 0.6 is 0 Å². The third kappa shape index (κ3) is 3.69. The molecule has 1 fully saturated rings. The predicted molar refractivity (Wildman–Crippen MR) is 101 cm³/mol.